The Hall–Kier alpha value is -3.59. The molecule has 0 aliphatic carbocycles. The maximum absolute atomic E-state index is 8.82. The van der Waals surface area contributed by atoms with Gasteiger partial charge in [0.1, 0.15) is 23.7 Å². The summed E-state index contributed by atoms with van der Waals surface area (Å²) in [6.07, 6.45) is 1.48. The summed E-state index contributed by atoms with van der Waals surface area (Å²) in [5.74, 6) is 2.13. The highest BCUT2D eigenvalue weighted by atomic mass is 16.5. The Morgan fingerprint density at radius 2 is 1.42 bits per heavy atom. The highest BCUT2D eigenvalue weighted by Gasteiger charge is 2.01. The molecule has 0 saturated carbocycles. The first kappa shape index (κ1) is 15.3. The normalized spacial score (nSPS) is 9.83. The van der Waals surface area contributed by atoms with E-state index in [-0.39, 0.29) is 0 Å². The number of rotatable bonds is 5. The van der Waals surface area contributed by atoms with Crippen molar-refractivity contribution in [3.8, 4) is 11.8 Å². The van der Waals surface area contributed by atoms with Crippen molar-refractivity contribution in [1.82, 2.24) is 9.97 Å². The van der Waals surface area contributed by atoms with Crippen LogP contribution in [0.15, 0.2) is 60.9 Å². The van der Waals surface area contributed by atoms with Gasteiger partial charge in [0.2, 0.25) is 0 Å². The number of aromatic nitrogens is 2. The van der Waals surface area contributed by atoms with Crippen molar-refractivity contribution in [3.05, 3.63) is 66.5 Å². The molecule has 1 aromatic heterocycles. The summed E-state index contributed by atoms with van der Waals surface area (Å²) in [7, 11) is 1.63. The monoisotopic (exact) mass is 317 g/mol. The Bertz CT molecular complexity index is 854. The van der Waals surface area contributed by atoms with Crippen LogP contribution in [-0.4, -0.2) is 17.1 Å². The van der Waals surface area contributed by atoms with E-state index in [0.29, 0.717) is 17.2 Å². The second-order valence-corrected chi connectivity index (χ2v) is 4.96. The number of hydrogen-bond acceptors (Lipinski definition) is 6. The van der Waals surface area contributed by atoms with Gasteiger partial charge in [0, 0.05) is 17.4 Å². The molecule has 2 aromatic carbocycles. The minimum Gasteiger partial charge on any atom is -0.497 e. The van der Waals surface area contributed by atoms with Gasteiger partial charge in [-0.3, -0.25) is 0 Å². The topological polar surface area (TPSA) is 82.9 Å². The first-order valence-corrected chi connectivity index (χ1v) is 7.27. The third-order valence-electron chi connectivity index (χ3n) is 3.32. The van der Waals surface area contributed by atoms with Gasteiger partial charge in [0.25, 0.3) is 0 Å². The van der Waals surface area contributed by atoms with Gasteiger partial charge in [-0.1, -0.05) is 0 Å². The van der Waals surface area contributed by atoms with Crippen LogP contribution >= 0.6 is 0 Å². The minimum absolute atomic E-state index is 0.616. The summed E-state index contributed by atoms with van der Waals surface area (Å²) < 4.78 is 5.14. The smallest absolute Gasteiger partial charge is 0.135 e. The molecule has 6 heteroatoms. The molecular formula is C18H15N5O. The van der Waals surface area contributed by atoms with Crippen molar-refractivity contribution < 1.29 is 4.74 Å². The van der Waals surface area contributed by atoms with Gasteiger partial charge < -0.3 is 15.4 Å². The Kier molecular flexibility index (Phi) is 4.54. The molecule has 2 N–H and O–H groups in total. The number of nitrogens with zero attached hydrogens (tertiary/aromatic N) is 3. The molecule has 0 atom stereocenters. The van der Waals surface area contributed by atoms with Crippen molar-refractivity contribution in [1.29, 1.82) is 5.26 Å². The Morgan fingerprint density at radius 3 is 1.92 bits per heavy atom. The highest BCUT2D eigenvalue weighted by molar-refractivity contribution is 5.63. The number of benzene rings is 2. The van der Waals surface area contributed by atoms with E-state index in [2.05, 4.69) is 26.7 Å². The Morgan fingerprint density at radius 1 is 0.875 bits per heavy atom. The quantitative estimate of drug-likeness (QED) is 0.744. The zero-order valence-corrected chi connectivity index (χ0v) is 13.0. The van der Waals surface area contributed by atoms with Crippen LogP contribution in [0, 0.1) is 11.3 Å². The Labute approximate surface area is 139 Å². The predicted molar refractivity (Wildman–Crippen MR) is 92.7 cm³/mol. The van der Waals surface area contributed by atoms with Crippen LogP contribution in [0.3, 0.4) is 0 Å². The fourth-order valence-corrected chi connectivity index (χ4v) is 2.09. The third-order valence-corrected chi connectivity index (χ3v) is 3.32. The molecule has 1 heterocycles. The van der Waals surface area contributed by atoms with E-state index in [4.69, 9.17) is 10.00 Å². The van der Waals surface area contributed by atoms with E-state index >= 15 is 0 Å². The minimum atomic E-state index is 0.616. The standard InChI is InChI=1S/C18H15N5O/c1-24-16-8-6-15(7-9-16)23-18-10-17(20-12-21-18)22-14-4-2-13(11-19)3-5-14/h2-10,12H,1H3,(H2,20,21,22,23). The number of nitrogens with one attached hydrogen (secondary N) is 2. The number of hydrogen-bond donors (Lipinski definition) is 2. The number of methoxy groups -OCH3 is 1. The molecule has 0 bridgehead atoms. The molecule has 24 heavy (non-hydrogen) atoms. The summed E-state index contributed by atoms with van der Waals surface area (Å²) in [4.78, 5) is 8.41. The van der Waals surface area contributed by atoms with E-state index in [1.165, 1.54) is 6.33 Å². The zero-order valence-electron chi connectivity index (χ0n) is 13.0. The molecule has 0 aliphatic rings. The van der Waals surface area contributed by atoms with E-state index in [9.17, 15) is 0 Å². The molecule has 118 valence electrons. The molecule has 3 rings (SSSR count). The first-order valence-electron chi connectivity index (χ1n) is 7.27. The molecule has 0 spiro atoms. The molecule has 0 unspecified atom stereocenters. The molecule has 3 aromatic rings. The van der Waals surface area contributed by atoms with Crippen LogP contribution < -0.4 is 15.4 Å². The largest absolute Gasteiger partial charge is 0.497 e. The summed E-state index contributed by atoms with van der Waals surface area (Å²) >= 11 is 0. The second kappa shape index (κ2) is 7.11. The van der Waals surface area contributed by atoms with E-state index in [0.717, 1.165) is 17.1 Å². The molecule has 6 nitrogen and oxygen atoms in total. The molecule has 0 saturated heterocycles. The lowest BCUT2D eigenvalue weighted by atomic mass is 10.2. The average Bonchev–Trinajstić information content (AvgIpc) is 2.63. The molecule has 0 amide bonds. The lowest BCUT2D eigenvalue weighted by Crippen LogP contribution is -1.98. The van der Waals surface area contributed by atoms with Crippen LogP contribution in [0.25, 0.3) is 0 Å². The maximum atomic E-state index is 8.82. The SMILES string of the molecule is COc1ccc(Nc2cc(Nc3ccc(C#N)cc3)ncn2)cc1. The van der Waals surface area contributed by atoms with Gasteiger partial charge in [0.15, 0.2) is 0 Å². The number of nitriles is 1. The van der Waals surface area contributed by atoms with Crippen LogP contribution in [0.2, 0.25) is 0 Å². The molecule has 0 fully saturated rings. The number of ether oxygens (including phenoxy) is 1. The fraction of sp³-hybridized carbons (Fsp3) is 0.0556. The first-order chi connectivity index (χ1) is 11.8. The average molecular weight is 317 g/mol. The summed E-state index contributed by atoms with van der Waals surface area (Å²) in [5, 5.41) is 15.2. The fourth-order valence-electron chi connectivity index (χ4n) is 2.09. The lowest BCUT2D eigenvalue weighted by molar-refractivity contribution is 0.415. The van der Waals surface area contributed by atoms with Gasteiger partial charge in [-0.2, -0.15) is 5.26 Å². The zero-order chi connectivity index (χ0) is 16.8. The predicted octanol–water partition coefficient (Wildman–Crippen LogP) is 3.84. The maximum Gasteiger partial charge on any atom is 0.135 e. The van der Waals surface area contributed by atoms with E-state index in [1.807, 2.05) is 42.5 Å². The summed E-state index contributed by atoms with van der Waals surface area (Å²) in [6, 6.07) is 18.6. The number of anilines is 4. The van der Waals surface area contributed by atoms with Gasteiger partial charge in [-0.15, -0.1) is 0 Å². The second-order valence-electron chi connectivity index (χ2n) is 4.96. The van der Waals surface area contributed by atoms with Crippen LogP contribution in [0.1, 0.15) is 5.56 Å². The highest BCUT2D eigenvalue weighted by Crippen LogP contribution is 2.21. The summed E-state index contributed by atoms with van der Waals surface area (Å²) in [5.41, 5.74) is 2.37. The van der Waals surface area contributed by atoms with Gasteiger partial charge in [0.05, 0.1) is 18.7 Å². The van der Waals surface area contributed by atoms with E-state index < -0.39 is 0 Å². The molecular weight excluding hydrogens is 302 g/mol. The van der Waals surface area contributed by atoms with Crippen LogP contribution in [0.4, 0.5) is 23.0 Å². The van der Waals surface area contributed by atoms with Crippen molar-refractivity contribution >= 4 is 23.0 Å². The molecule has 0 aliphatic heterocycles. The third kappa shape index (κ3) is 3.78. The van der Waals surface area contributed by atoms with Gasteiger partial charge in [-0.05, 0) is 48.5 Å². The van der Waals surface area contributed by atoms with Crippen molar-refractivity contribution in [3.63, 3.8) is 0 Å². The van der Waals surface area contributed by atoms with Crippen molar-refractivity contribution in [2.75, 3.05) is 17.7 Å². The van der Waals surface area contributed by atoms with Gasteiger partial charge in [-0.25, -0.2) is 9.97 Å². The molecule has 0 radical (unpaired) electrons. The van der Waals surface area contributed by atoms with Crippen molar-refractivity contribution in [2.24, 2.45) is 0 Å². The Balaban J connectivity index is 1.72. The van der Waals surface area contributed by atoms with Crippen LogP contribution in [0.5, 0.6) is 5.75 Å². The van der Waals surface area contributed by atoms with E-state index in [1.54, 1.807) is 19.2 Å². The van der Waals surface area contributed by atoms with Gasteiger partial charge >= 0.3 is 0 Å². The summed E-state index contributed by atoms with van der Waals surface area (Å²) in [6.45, 7) is 0. The lowest BCUT2D eigenvalue weighted by Gasteiger charge is -2.09. The van der Waals surface area contributed by atoms with Crippen molar-refractivity contribution in [2.45, 2.75) is 0 Å². The van der Waals surface area contributed by atoms with Crippen LogP contribution in [-0.2, 0) is 0 Å².